The molecule has 0 aromatic rings. The number of carbonyl (C=O) groups excluding carboxylic acids is 2. The molecule has 1 aliphatic rings. The van der Waals surface area contributed by atoms with Gasteiger partial charge in [0.25, 0.3) is 0 Å². The highest BCUT2D eigenvalue weighted by Crippen LogP contribution is 2.26. The number of ether oxygens (including phenoxy) is 2. The summed E-state index contributed by atoms with van der Waals surface area (Å²) in [5.41, 5.74) is -0.556. The van der Waals surface area contributed by atoms with Gasteiger partial charge in [-0.3, -0.25) is 4.79 Å². The topological polar surface area (TPSA) is 52.6 Å². The van der Waals surface area contributed by atoms with Gasteiger partial charge in [-0.2, -0.15) is 0 Å². The quantitative estimate of drug-likeness (QED) is 0.545. The lowest BCUT2D eigenvalue weighted by Gasteiger charge is -2.19. The molecule has 84 valence electrons. The fraction of sp³-hybridized carbons (Fsp3) is 0.600. The zero-order valence-corrected chi connectivity index (χ0v) is 10.5. The van der Waals surface area contributed by atoms with Crippen LogP contribution in [0.15, 0.2) is 10.2 Å². The van der Waals surface area contributed by atoms with Gasteiger partial charge in [-0.1, -0.05) is 0 Å². The fourth-order valence-corrected chi connectivity index (χ4v) is 1.41. The molecule has 0 aromatic carbocycles. The van der Waals surface area contributed by atoms with Crippen LogP contribution in [-0.4, -0.2) is 17.5 Å². The van der Waals surface area contributed by atoms with Crippen molar-refractivity contribution < 1.29 is 19.1 Å². The minimum Gasteiger partial charge on any atom is -0.456 e. The minimum absolute atomic E-state index is 0.197. The van der Waals surface area contributed by atoms with Crippen LogP contribution in [0.3, 0.4) is 0 Å². The predicted molar refractivity (Wildman–Crippen MR) is 57.1 cm³/mol. The van der Waals surface area contributed by atoms with Crippen LogP contribution in [0.2, 0.25) is 0 Å². The Balaban J connectivity index is 2.72. The van der Waals surface area contributed by atoms with Gasteiger partial charge in [0, 0.05) is 6.42 Å². The van der Waals surface area contributed by atoms with Crippen LogP contribution in [0, 0.1) is 0 Å². The van der Waals surface area contributed by atoms with Gasteiger partial charge in [-0.25, -0.2) is 4.79 Å². The van der Waals surface area contributed by atoms with Gasteiger partial charge < -0.3 is 9.47 Å². The third kappa shape index (κ3) is 3.66. The Kier molecular flexibility index (Phi) is 3.54. The average Bonchev–Trinajstić information content (AvgIpc) is 2.47. The summed E-state index contributed by atoms with van der Waals surface area (Å²) in [6.07, 6.45) is 0.756. The highest BCUT2D eigenvalue weighted by atomic mass is 79.9. The Hall–Kier alpha value is -0.840. The monoisotopic (exact) mass is 276 g/mol. The molecule has 0 amide bonds. The van der Waals surface area contributed by atoms with Crippen molar-refractivity contribution in [1.82, 2.24) is 0 Å². The van der Waals surface area contributed by atoms with Crippen molar-refractivity contribution in [2.75, 3.05) is 0 Å². The summed E-state index contributed by atoms with van der Waals surface area (Å²) in [7, 11) is 0. The molecule has 0 aromatic heterocycles. The number of cyclic esters (lactones) is 1. The van der Waals surface area contributed by atoms with E-state index in [9.17, 15) is 9.59 Å². The molecule has 1 aliphatic heterocycles. The van der Waals surface area contributed by atoms with E-state index in [0.29, 0.717) is 18.6 Å². The normalized spacial score (nSPS) is 19.9. The first-order valence-electron chi connectivity index (χ1n) is 4.62. The van der Waals surface area contributed by atoms with E-state index in [0.717, 1.165) is 0 Å². The van der Waals surface area contributed by atoms with Crippen molar-refractivity contribution in [3.63, 3.8) is 0 Å². The van der Waals surface area contributed by atoms with Crippen LogP contribution in [0.4, 0.5) is 0 Å². The standard InChI is InChI=1S/C10H13BrO4/c1-10(2,3)15-9(13)8(11)6-4-5-7(12)14-6/h4-5H2,1-3H3/b8-6+. The van der Waals surface area contributed by atoms with E-state index < -0.39 is 11.6 Å². The first-order valence-corrected chi connectivity index (χ1v) is 5.41. The van der Waals surface area contributed by atoms with E-state index in [1.807, 2.05) is 0 Å². The lowest BCUT2D eigenvalue weighted by atomic mass is 10.2. The summed E-state index contributed by atoms with van der Waals surface area (Å²) < 4.78 is 10.2. The maximum absolute atomic E-state index is 11.5. The number of halogens is 1. The Morgan fingerprint density at radius 1 is 1.40 bits per heavy atom. The molecule has 15 heavy (non-hydrogen) atoms. The van der Waals surface area contributed by atoms with Gasteiger partial charge in [0.2, 0.25) is 0 Å². The Morgan fingerprint density at radius 3 is 2.40 bits per heavy atom. The van der Waals surface area contributed by atoms with Crippen LogP contribution in [0.1, 0.15) is 33.6 Å². The van der Waals surface area contributed by atoms with Gasteiger partial charge in [-0.15, -0.1) is 0 Å². The highest BCUT2D eigenvalue weighted by molar-refractivity contribution is 9.12. The third-order valence-corrected chi connectivity index (χ3v) is 2.38. The molecular weight excluding hydrogens is 264 g/mol. The van der Waals surface area contributed by atoms with Crippen LogP contribution in [-0.2, 0) is 19.1 Å². The van der Waals surface area contributed by atoms with Crippen molar-refractivity contribution >= 4 is 27.9 Å². The molecule has 0 bridgehead atoms. The second-order valence-electron chi connectivity index (χ2n) is 4.21. The lowest BCUT2D eigenvalue weighted by Crippen LogP contribution is -2.24. The van der Waals surface area contributed by atoms with Gasteiger partial charge in [0.15, 0.2) is 0 Å². The molecule has 0 saturated carbocycles. The van der Waals surface area contributed by atoms with Gasteiger partial charge >= 0.3 is 11.9 Å². The van der Waals surface area contributed by atoms with E-state index >= 15 is 0 Å². The van der Waals surface area contributed by atoms with E-state index in [1.165, 1.54) is 0 Å². The summed E-state index contributed by atoms with van der Waals surface area (Å²) >= 11 is 3.08. The molecular formula is C10H13BrO4. The first-order chi connectivity index (χ1) is 6.79. The number of esters is 2. The second kappa shape index (κ2) is 4.35. The Labute approximate surface area is 96.7 Å². The molecule has 1 fully saturated rings. The van der Waals surface area contributed by atoms with E-state index in [4.69, 9.17) is 9.47 Å². The first kappa shape index (κ1) is 12.2. The zero-order chi connectivity index (χ0) is 11.6. The maximum atomic E-state index is 11.5. The Bertz CT molecular complexity index is 325. The summed E-state index contributed by atoms with van der Waals surface area (Å²) in [5.74, 6) is -0.466. The summed E-state index contributed by atoms with van der Waals surface area (Å²) in [4.78, 5) is 22.4. The largest absolute Gasteiger partial charge is 0.456 e. The molecule has 0 N–H and O–H groups in total. The molecule has 0 radical (unpaired) electrons. The number of allylic oxidation sites excluding steroid dienone is 1. The van der Waals surface area contributed by atoms with Crippen LogP contribution in [0.5, 0.6) is 0 Å². The zero-order valence-electron chi connectivity index (χ0n) is 8.93. The van der Waals surface area contributed by atoms with E-state index in [1.54, 1.807) is 20.8 Å². The van der Waals surface area contributed by atoms with Crippen molar-refractivity contribution in [1.29, 1.82) is 0 Å². The van der Waals surface area contributed by atoms with Gasteiger partial charge in [0.05, 0.1) is 6.42 Å². The fourth-order valence-electron chi connectivity index (χ4n) is 1.05. The maximum Gasteiger partial charge on any atom is 0.349 e. The van der Waals surface area contributed by atoms with E-state index in [2.05, 4.69) is 15.9 Å². The molecule has 0 spiro atoms. The molecule has 5 heteroatoms. The van der Waals surface area contributed by atoms with Crippen LogP contribution in [0.25, 0.3) is 0 Å². The summed E-state index contributed by atoms with van der Waals surface area (Å²) in [6.45, 7) is 5.32. The average molecular weight is 277 g/mol. The molecule has 1 rings (SSSR count). The van der Waals surface area contributed by atoms with Gasteiger partial charge in [0.1, 0.15) is 15.8 Å². The van der Waals surface area contributed by atoms with Crippen molar-refractivity contribution in [2.45, 2.75) is 39.2 Å². The molecule has 4 nitrogen and oxygen atoms in total. The molecule has 1 saturated heterocycles. The minimum atomic E-state index is -0.556. The lowest BCUT2D eigenvalue weighted by molar-refractivity contribution is -0.149. The van der Waals surface area contributed by atoms with Crippen molar-refractivity contribution in [2.24, 2.45) is 0 Å². The number of hydrogen-bond donors (Lipinski definition) is 0. The van der Waals surface area contributed by atoms with Crippen LogP contribution >= 0.6 is 15.9 Å². The number of rotatable bonds is 1. The van der Waals surface area contributed by atoms with Gasteiger partial charge in [-0.05, 0) is 36.7 Å². The van der Waals surface area contributed by atoms with Crippen molar-refractivity contribution in [3.8, 4) is 0 Å². The van der Waals surface area contributed by atoms with E-state index in [-0.39, 0.29) is 10.5 Å². The molecule has 0 aliphatic carbocycles. The smallest absolute Gasteiger partial charge is 0.349 e. The number of hydrogen-bond acceptors (Lipinski definition) is 4. The van der Waals surface area contributed by atoms with Crippen molar-refractivity contribution in [3.05, 3.63) is 10.2 Å². The SMILES string of the molecule is CC(C)(C)OC(=O)/C(Br)=C1/CCC(=O)O1. The third-order valence-electron chi connectivity index (χ3n) is 1.62. The summed E-state index contributed by atoms with van der Waals surface area (Å²) in [5, 5.41) is 0. The van der Waals surface area contributed by atoms with Crippen LogP contribution < -0.4 is 0 Å². The molecule has 0 unspecified atom stereocenters. The predicted octanol–water partition coefficient (Wildman–Crippen LogP) is 2.27. The summed E-state index contributed by atoms with van der Waals surface area (Å²) in [6, 6.07) is 0. The molecule has 1 heterocycles. The Morgan fingerprint density at radius 2 is 2.00 bits per heavy atom. The highest BCUT2D eigenvalue weighted by Gasteiger charge is 2.26. The molecule has 0 atom stereocenters. The second-order valence-corrected chi connectivity index (χ2v) is 5.01. The number of carbonyl (C=O) groups is 2.